The van der Waals surface area contributed by atoms with Gasteiger partial charge in [-0.05, 0) is 0 Å². The van der Waals surface area contributed by atoms with Gasteiger partial charge in [0.25, 0.3) is 0 Å². The summed E-state index contributed by atoms with van der Waals surface area (Å²) in [6, 6.07) is 0. The van der Waals surface area contributed by atoms with E-state index >= 15 is 0 Å². The summed E-state index contributed by atoms with van der Waals surface area (Å²) < 4.78 is 0. The molecule has 78 valence electrons. The minimum atomic E-state index is 0. The molecule has 0 aliphatic heterocycles. The summed E-state index contributed by atoms with van der Waals surface area (Å²) in [6.07, 6.45) is 20.0. The Bertz CT molecular complexity index is 160. The van der Waals surface area contributed by atoms with Crippen LogP contribution in [0.25, 0.3) is 0 Å². The minimum absolute atomic E-state index is 0. The molecule has 0 radical (unpaired) electrons. The maximum atomic E-state index is 2.99. The summed E-state index contributed by atoms with van der Waals surface area (Å²) in [5.41, 5.74) is 0. The zero-order valence-corrected chi connectivity index (χ0v) is 12.1. The van der Waals surface area contributed by atoms with E-state index < -0.39 is 0 Å². The van der Waals surface area contributed by atoms with E-state index in [-0.39, 0.29) is 14.9 Å². The molecule has 2 rings (SSSR count). The molecule has 0 nitrogen and oxygen atoms in total. The van der Waals surface area contributed by atoms with Crippen molar-refractivity contribution < 1.29 is 19.2 Å². The van der Waals surface area contributed by atoms with Gasteiger partial charge in [0.15, 0.2) is 0 Å². The van der Waals surface area contributed by atoms with Gasteiger partial charge in [-0.1, -0.05) is 0 Å². The first kappa shape index (κ1) is 19.5. The fraction of sp³-hybridized carbons (Fsp3) is 0.167. The fourth-order valence-electron chi connectivity index (χ4n) is 0.680. The third kappa shape index (κ3) is 14.4. The molecule has 0 bridgehead atoms. The first-order chi connectivity index (χ1) is 6.00. The molecule has 2 aliphatic carbocycles. The van der Waals surface area contributed by atoms with Gasteiger partial charge in [0.1, 0.15) is 0 Å². The predicted molar refractivity (Wildman–Crippen MR) is 64.5 cm³/mol. The zero-order chi connectivity index (χ0) is 9.07. The molecule has 0 spiro atoms. The molecule has 2 heteroatoms. The first-order valence-electron chi connectivity index (χ1n) is 3.79. The standard InChI is InChI=1S/2C5H5.2CH3.H2Si.Ti/c2*1-2-4-5-3-1;;;;/h2*1-3H,4H2;2*1H3;1H2;/q4*-1;;. The Balaban J connectivity index is -0.000000131. The third-order valence-electron chi connectivity index (χ3n) is 1.17. The van der Waals surface area contributed by atoms with E-state index in [4.69, 9.17) is 0 Å². The first-order valence-corrected chi connectivity index (χ1v) is 7.81. The molecule has 2 aliphatic rings. The van der Waals surface area contributed by atoms with E-state index in [2.05, 4.69) is 24.3 Å². The van der Waals surface area contributed by atoms with Crippen LogP contribution in [0.3, 0.4) is 0 Å². The molecule has 0 amide bonds. The molecule has 0 fully saturated rings. The number of hydrogen-bond acceptors (Lipinski definition) is 0. The number of rotatable bonds is 0. The van der Waals surface area contributed by atoms with Crippen molar-refractivity contribution in [3.05, 3.63) is 63.5 Å². The molecule has 0 saturated heterocycles. The van der Waals surface area contributed by atoms with Crippen molar-refractivity contribution in [3.63, 3.8) is 0 Å². The molecule has 0 atom stereocenters. The van der Waals surface area contributed by atoms with Crippen molar-refractivity contribution in [3.8, 4) is 0 Å². The SMILES string of the molecule is [C-]1=CC=CC1.[C-]1=CC=CC1.[CH3-].[CH3-].[SiH2]=[Ti]. The number of allylic oxidation sites excluding steroid dienone is 8. The molecular formula is C12H18SiTi-4. The zero-order valence-electron chi connectivity index (χ0n) is 9.09. The molecule has 14 heavy (non-hydrogen) atoms. The molecule has 0 aromatic heterocycles. The van der Waals surface area contributed by atoms with Crippen LogP contribution in [0.15, 0.2) is 36.5 Å². The van der Waals surface area contributed by atoms with Crippen molar-refractivity contribution in [2.24, 2.45) is 0 Å². The molecular weight excluding hydrogens is 220 g/mol. The van der Waals surface area contributed by atoms with Gasteiger partial charge in [0.2, 0.25) is 0 Å². The Labute approximate surface area is 103 Å². The summed E-state index contributed by atoms with van der Waals surface area (Å²) in [7, 11) is 1.86. The Morgan fingerprint density at radius 1 is 0.857 bits per heavy atom. The van der Waals surface area contributed by atoms with Crippen LogP contribution < -0.4 is 0 Å². The van der Waals surface area contributed by atoms with Gasteiger partial charge >= 0.3 is 26.8 Å². The maximum absolute atomic E-state index is 2.99. The number of hydrogen-bond donors (Lipinski definition) is 0. The summed E-state index contributed by atoms with van der Waals surface area (Å²) in [6.45, 7) is 0. The summed E-state index contributed by atoms with van der Waals surface area (Å²) >= 11 is 2.03. The normalized spacial score (nSPS) is 12.8. The van der Waals surface area contributed by atoms with Crippen LogP contribution in [0.2, 0.25) is 0 Å². The Kier molecular flexibility index (Phi) is 25.9. The summed E-state index contributed by atoms with van der Waals surface area (Å²) in [5.74, 6) is 0. The van der Waals surface area contributed by atoms with E-state index in [9.17, 15) is 0 Å². The average molecular weight is 238 g/mol. The van der Waals surface area contributed by atoms with Crippen LogP contribution in [0.1, 0.15) is 12.8 Å². The Morgan fingerprint density at radius 3 is 1.29 bits per heavy atom. The molecule has 0 unspecified atom stereocenters. The van der Waals surface area contributed by atoms with Gasteiger partial charge in [0, 0.05) is 0 Å². The van der Waals surface area contributed by atoms with Crippen LogP contribution in [0.4, 0.5) is 0 Å². The predicted octanol–water partition coefficient (Wildman–Crippen LogP) is 2.59. The molecule has 0 N–H and O–H groups in total. The van der Waals surface area contributed by atoms with Gasteiger partial charge < -0.3 is 14.9 Å². The molecule has 0 heterocycles. The molecule has 0 aromatic rings. The Morgan fingerprint density at radius 2 is 1.21 bits per heavy atom. The van der Waals surface area contributed by atoms with Crippen LogP contribution in [-0.4, -0.2) is 7.63 Å². The van der Waals surface area contributed by atoms with Crippen molar-refractivity contribution in [1.29, 1.82) is 0 Å². The second-order valence-electron chi connectivity index (χ2n) is 2.01. The Hall–Kier alpha value is -0.109. The van der Waals surface area contributed by atoms with Crippen molar-refractivity contribution >= 4 is 7.63 Å². The molecule has 0 saturated carbocycles. The van der Waals surface area contributed by atoms with E-state index in [0.29, 0.717) is 0 Å². The quantitative estimate of drug-likeness (QED) is 0.449. The third-order valence-corrected chi connectivity index (χ3v) is 1.17. The second-order valence-corrected chi connectivity index (χ2v) is 2.01. The summed E-state index contributed by atoms with van der Waals surface area (Å²) in [4.78, 5) is 0. The topological polar surface area (TPSA) is 0 Å². The average Bonchev–Trinajstić information content (AvgIpc) is 2.87. The van der Waals surface area contributed by atoms with E-state index in [1.54, 1.807) is 0 Å². The van der Waals surface area contributed by atoms with Gasteiger partial charge in [-0.25, -0.2) is 24.3 Å². The van der Waals surface area contributed by atoms with Gasteiger partial charge in [-0.15, -0.1) is 12.8 Å². The molecule has 0 aromatic carbocycles. The second kappa shape index (κ2) is 18.6. The van der Waals surface area contributed by atoms with Gasteiger partial charge in [-0.3, -0.25) is 12.2 Å². The van der Waals surface area contributed by atoms with Crippen LogP contribution >= 0.6 is 0 Å². The van der Waals surface area contributed by atoms with Gasteiger partial charge in [-0.2, -0.15) is 12.2 Å². The monoisotopic (exact) mass is 238 g/mol. The van der Waals surface area contributed by atoms with Crippen molar-refractivity contribution in [2.75, 3.05) is 0 Å². The van der Waals surface area contributed by atoms with Crippen LogP contribution in [-0.2, 0) is 19.2 Å². The van der Waals surface area contributed by atoms with Crippen molar-refractivity contribution in [1.82, 2.24) is 0 Å². The van der Waals surface area contributed by atoms with Crippen LogP contribution in [0, 0.1) is 27.0 Å². The fourth-order valence-corrected chi connectivity index (χ4v) is 0.680. The van der Waals surface area contributed by atoms with E-state index in [1.807, 2.05) is 51.1 Å². The van der Waals surface area contributed by atoms with E-state index in [0.717, 1.165) is 12.8 Å². The van der Waals surface area contributed by atoms with E-state index in [1.165, 1.54) is 0 Å². The van der Waals surface area contributed by atoms with Crippen LogP contribution in [0.5, 0.6) is 0 Å². The summed E-state index contributed by atoms with van der Waals surface area (Å²) in [5, 5.41) is 0. The van der Waals surface area contributed by atoms with Crippen molar-refractivity contribution in [2.45, 2.75) is 12.8 Å². The van der Waals surface area contributed by atoms with Gasteiger partial charge in [0.05, 0.1) is 0 Å².